The number of piperidine rings is 1. The van der Waals surface area contributed by atoms with Gasteiger partial charge in [-0.05, 0) is 50.3 Å². The lowest BCUT2D eigenvalue weighted by Crippen LogP contribution is -2.45. The highest BCUT2D eigenvalue weighted by molar-refractivity contribution is 5.87. The van der Waals surface area contributed by atoms with Crippen molar-refractivity contribution < 1.29 is 9.59 Å². The molecule has 2 rings (SSSR count). The first-order valence-electron chi connectivity index (χ1n) is 8.88. The number of rotatable bonds is 7. The van der Waals surface area contributed by atoms with Gasteiger partial charge in [0.1, 0.15) is 6.04 Å². The van der Waals surface area contributed by atoms with Gasteiger partial charge in [-0.15, -0.1) is 0 Å². The zero-order chi connectivity index (χ0) is 17.4. The van der Waals surface area contributed by atoms with E-state index in [1.807, 2.05) is 30.3 Å². The summed E-state index contributed by atoms with van der Waals surface area (Å²) in [5.74, 6) is 0.679. The van der Waals surface area contributed by atoms with Crippen LogP contribution in [0.25, 0.3) is 0 Å². The van der Waals surface area contributed by atoms with Crippen molar-refractivity contribution in [3.8, 4) is 0 Å². The molecule has 5 nitrogen and oxygen atoms in total. The second-order valence-electron chi connectivity index (χ2n) is 6.78. The average Bonchev–Trinajstić information content (AvgIpc) is 2.61. The smallest absolute Gasteiger partial charge is 0.242 e. The Morgan fingerprint density at radius 3 is 2.67 bits per heavy atom. The van der Waals surface area contributed by atoms with Crippen LogP contribution in [-0.4, -0.2) is 30.9 Å². The van der Waals surface area contributed by atoms with Gasteiger partial charge in [-0.1, -0.05) is 37.3 Å². The molecule has 0 saturated carbocycles. The SMILES string of the molecule is CC(NC(=O)CC(C)C1CCCNC1)C(=O)NCc1ccccc1. The lowest BCUT2D eigenvalue weighted by atomic mass is 9.85. The van der Waals surface area contributed by atoms with Crippen LogP contribution in [-0.2, 0) is 16.1 Å². The van der Waals surface area contributed by atoms with Gasteiger partial charge < -0.3 is 16.0 Å². The molecular weight excluding hydrogens is 302 g/mol. The van der Waals surface area contributed by atoms with Crippen LogP contribution in [0.4, 0.5) is 0 Å². The second kappa shape index (κ2) is 9.42. The van der Waals surface area contributed by atoms with Crippen molar-refractivity contribution in [3.05, 3.63) is 35.9 Å². The van der Waals surface area contributed by atoms with Gasteiger partial charge in [-0.25, -0.2) is 0 Å². The molecular formula is C19H29N3O2. The lowest BCUT2D eigenvalue weighted by Gasteiger charge is -2.28. The molecule has 0 radical (unpaired) electrons. The predicted molar refractivity (Wildman–Crippen MR) is 95.3 cm³/mol. The summed E-state index contributed by atoms with van der Waals surface area (Å²) in [5.41, 5.74) is 1.04. The van der Waals surface area contributed by atoms with E-state index < -0.39 is 6.04 Å². The molecule has 1 saturated heterocycles. The van der Waals surface area contributed by atoms with Crippen LogP contribution in [0.5, 0.6) is 0 Å². The summed E-state index contributed by atoms with van der Waals surface area (Å²) in [6, 6.07) is 9.23. The summed E-state index contributed by atoms with van der Waals surface area (Å²) in [6.07, 6.45) is 2.83. The molecule has 0 aromatic heterocycles. The quantitative estimate of drug-likeness (QED) is 0.714. The average molecular weight is 331 g/mol. The van der Waals surface area contributed by atoms with Crippen LogP contribution in [0, 0.1) is 11.8 Å². The summed E-state index contributed by atoms with van der Waals surface area (Å²) in [4.78, 5) is 24.3. The Balaban J connectivity index is 1.70. The first-order chi connectivity index (χ1) is 11.6. The normalized spacial score (nSPS) is 20.0. The first-order valence-corrected chi connectivity index (χ1v) is 8.88. The van der Waals surface area contributed by atoms with E-state index in [1.54, 1.807) is 6.92 Å². The lowest BCUT2D eigenvalue weighted by molar-refractivity contribution is -0.129. The molecule has 1 heterocycles. The van der Waals surface area contributed by atoms with Crippen LogP contribution >= 0.6 is 0 Å². The molecule has 3 atom stereocenters. The van der Waals surface area contributed by atoms with E-state index in [9.17, 15) is 9.59 Å². The molecule has 24 heavy (non-hydrogen) atoms. The number of hydrogen-bond donors (Lipinski definition) is 3. The number of carbonyl (C=O) groups is 2. The van der Waals surface area contributed by atoms with Gasteiger partial charge in [0, 0.05) is 13.0 Å². The van der Waals surface area contributed by atoms with Crippen molar-refractivity contribution in [2.45, 2.75) is 45.7 Å². The van der Waals surface area contributed by atoms with Crippen LogP contribution < -0.4 is 16.0 Å². The van der Waals surface area contributed by atoms with E-state index in [0.717, 1.165) is 18.7 Å². The Morgan fingerprint density at radius 2 is 2.00 bits per heavy atom. The molecule has 1 aliphatic rings. The van der Waals surface area contributed by atoms with Crippen LogP contribution in [0.2, 0.25) is 0 Å². The topological polar surface area (TPSA) is 70.2 Å². The standard InChI is InChI=1S/C19H29N3O2/c1-14(17-9-6-10-20-13-17)11-18(23)22-15(2)19(24)21-12-16-7-4-3-5-8-16/h3-5,7-8,14-15,17,20H,6,9-13H2,1-2H3,(H,21,24)(H,22,23). The molecule has 1 fully saturated rings. The van der Waals surface area contributed by atoms with Crippen molar-refractivity contribution in [2.24, 2.45) is 11.8 Å². The van der Waals surface area contributed by atoms with Gasteiger partial charge in [-0.3, -0.25) is 9.59 Å². The molecule has 0 spiro atoms. The first kappa shape index (κ1) is 18.5. The van der Waals surface area contributed by atoms with Gasteiger partial charge in [0.25, 0.3) is 0 Å². The Labute approximate surface area is 144 Å². The van der Waals surface area contributed by atoms with E-state index in [2.05, 4.69) is 22.9 Å². The third-order valence-electron chi connectivity index (χ3n) is 4.73. The molecule has 132 valence electrons. The zero-order valence-corrected chi connectivity index (χ0v) is 14.7. The predicted octanol–water partition coefficient (Wildman–Crippen LogP) is 1.83. The maximum Gasteiger partial charge on any atom is 0.242 e. The molecule has 5 heteroatoms. The Morgan fingerprint density at radius 1 is 1.25 bits per heavy atom. The molecule has 0 aliphatic carbocycles. The fourth-order valence-corrected chi connectivity index (χ4v) is 3.13. The largest absolute Gasteiger partial charge is 0.350 e. The summed E-state index contributed by atoms with van der Waals surface area (Å²) in [6.45, 7) is 6.39. The van der Waals surface area contributed by atoms with Gasteiger partial charge in [0.15, 0.2) is 0 Å². The van der Waals surface area contributed by atoms with E-state index in [0.29, 0.717) is 24.8 Å². The van der Waals surface area contributed by atoms with E-state index in [4.69, 9.17) is 0 Å². The van der Waals surface area contributed by atoms with Gasteiger partial charge in [-0.2, -0.15) is 0 Å². The number of benzene rings is 1. The number of hydrogen-bond acceptors (Lipinski definition) is 3. The maximum atomic E-state index is 12.2. The summed E-state index contributed by atoms with van der Waals surface area (Å²) < 4.78 is 0. The molecule has 1 aromatic carbocycles. The third-order valence-corrected chi connectivity index (χ3v) is 4.73. The van der Waals surface area contributed by atoms with Crippen molar-refractivity contribution in [1.29, 1.82) is 0 Å². The maximum absolute atomic E-state index is 12.2. The van der Waals surface area contributed by atoms with Gasteiger partial charge >= 0.3 is 0 Å². The Kier molecular flexibility index (Phi) is 7.25. The molecule has 3 unspecified atom stereocenters. The Hall–Kier alpha value is -1.88. The zero-order valence-electron chi connectivity index (χ0n) is 14.7. The van der Waals surface area contributed by atoms with Gasteiger partial charge in [0.05, 0.1) is 0 Å². The minimum atomic E-state index is -0.516. The molecule has 1 aromatic rings. The highest BCUT2D eigenvalue weighted by Gasteiger charge is 2.23. The third kappa shape index (κ3) is 5.96. The molecule has 2 amide bonds. The minimum absolute atomic E-state index is 0.0459. The summed E-state index contributed by atoms with van der Waals surface area (Å²) in [7, 11) is 0. The fraction of sp³-hybridized carbons (Fsp3) is 0.579. The minimum Gasteiger partial charge on any atom is -0.350 e. The second-order valence-corrected chi connectivity index (χ2v) is 6.78. The van der Waals surface area contributed by atoms with E-state index >= 15 is 0 Å². The number of nitrogens with one attached hydrogen (secondary N) is 3. The van der Waals surface area contributed by atoms with Crippen molar-refractivity contribution >= 4 is 11.8 Å². The van der Waals surface area contributed by atoms with Gasteiger partial charge in [0.2, 0.25) is 11.8 Å². The number of amides is 2. The molecule has 0 bridgehead atoms. The monoisotopic (exact) mass is 331 g/mol. The fourth-order valence-electron chi connectivity index (χ4n) is 3.13. The highest BCUT2D eigenvalue weighted by atomic mass is 16.2. The van der Waals surface area contributed by atoms with Crippen LogP contribution in [0.1, 0.15) is 38.7 Å². The van der Waals surface area contributed by atoms with E-state index in [-0.39, 0.29) is 11.8 Å². The van der Waals surface area contributed by atoms with E-state index in [1.165, 1.54) is 12.8 Å². The summed E-state index contributed by atoms with van der Waals surface area (Å²) >= 11 is 0. The molecule has 1 aliphatic heterocycles. The highest BCUT2D eigenvalue weighted by Crippen LogP contribution is 2.22. The van der Waals surface area contributed by atoms with Crippen molar-refractivity contribution in [1.82, 2.24) is 16.0 Å². The number of carbonyl (C=O) groups excluding carboxylic acids is 2. The molecule has 3 N–H and O–H groups in total. The van der Waals surface area contributed by atoms with Crippen LogP contribution in [0.3, 0.4) is 0 Å². The van der Waals surface area contributed by atoms with Crippen molar-refractivity contribution in [3.63, 3.8) is 0 Å². The Bertz CT molecular complexity index is 527. The van der Waals surface area contributed by atoms with Crippen LogP contribution in [0.15, 0.2) is 30.3 Å². The van der Waals surface area contributed by atoms with Crippen molar-refractivity contribution in [2.75, 3.05) is 13.1 Å². The summed E-state index contributed by atoms with van der Waals surface area (Å²) in [5, 5.41) is 9.06.